The third kappa shape index (κ3) is 8.74. The van der Waals surface area contributed by atoms with E-state index >= 15 is 0 Å². The molecule has 1 aromatic heterocycles. The minimum absolute atomic E-state index is 0.358. The number of carbonyl (C=O) groups is 3. The summed E-state index contributed by atoms with van der Waals surface area (Å²) in [6.45, 7) is 2.17. The summed E-state index contributed by atoms with van der Waals surface area (Å²) < 4.78 is 36.9. The fourth-order valence-corrected chi connectivity index (χ4v) is 2.30. The molecule has 0 aliphatic heterocycles. The number of urea groups is 1. The quantitative estimate of drug-likeness (QED) is 0.329. The number of amides is 3. The molecule has 0 fully saturated rings. The van der Waals surface area contributed by atoms with Crippen LogP contribution in [-0.2, 0) is 9.59 Å². The number of carboxylic acids is 1. The monoisotopic (exact) mass is 446 g/mol. The summed E-state index contributed by atoms with van der Waals surface area (Å²) >= 11 is 0. The summed E-state index contributed by atoms with van der Waals surface area (Å²) in [6, 6.07) is 5.15. The predicted molar refractivity (Wildman–Crippen MR) is 104 cm³/mol. The van der Waals surface area contributed by atoms with E-state index in [1.165, 1.54) is 6.07 Å². The molecule has 0 saturated heterocycles. The second-order valence-electron chi connectivity index (χ2n) is 6.29. The van der Waals surface area contributed by atoms with Crippen LogP contribution in [0.1, 0.15) is 18.4 Å². The molecule has 0 aliphatic rings. The van der Waals surface area contributed by atoms with Gasteiger partial charge in [-0.2, -0.15) is 13.2 Å². The van der Waals surface area contributed by atoms with Crippen LogP contribution in [-0.4, -0.2) is 41.8 Å². The van der Waals surface area contributed by atoms with E-state index in [-0.39, 0.29) is 5.91 Å². The second kappa shape index (κ2) is 11.0. The summed E-state index contributed by atoms with van der Waals surface area (Å²) in [6.07, 6.45) is -4.16. The Kier molecular flexibility index (Phi) is 8.99. The Morgan fingerprint density at radius 3 is 2.39 bits per heavy atom. The van der Waals surface area contributed by atoms with Crippen LogP contribution >= 0.6 is 0 Å². The minimum atomic E-state index is -5.08. The molecule has 10 nitrogen and oxygen atoms in total. The predicted octanol–water partition coefficient (Wildman–Crippen LogP) is 1.45. The number of hydrogen-bond donors (Lipinski definition) is 5. The van der Waals surface area contributed by atoms with Gasteiger partial charge in [0.1, 0.15) is 5.58 Å². The molecule has 2 rings (SSSR count). The van der Waals surface area contributed by atoms with Crippen molar-refractivity contribution < 1.29 is 37.1 Å². The fourth-order valence-electron chi connectivity index (χ4n) is 2.30. The Bertz CT molecular complexity index is 1010. The molecule has 1 heterocycles. The van der Waals surface area contributed by atoms with Gasteiger partial charge in [-0.1, -0.05) is 0 Å². The zero-order valence-electron chi connectivity index (χ0n) is 16.3. The van der Waals surface area contributed by atoms with E-state index in [0.29, 0.717) is 30.7 Å². The van der Waals surface area contributed by atoms with Crippen molar-refractivity contribution in [2.24, 2.45) is 11.5 Å². The number of carbonyl (C=O) groups excluding carboxylic acids is 2. The topological polar surface area (TPSA) is 178 Å². The van der Waals surface area contributed by atoms with Crippen molar-refractivity contribution >= 4 is 34.6 Å². The summed E-state index contributed by atoms with van der Waals surface area (Å²) in [4.78, 5) is 42.9. The first-order chi connectivity index (χ1) is 14.3. The number of rotatable bonds is 6. The second-order valence-corrected chi connectivity index (χ2v) is 6.29. The maximum atomic E-state index is 12.1. The minimum Gasteiger partial charge on any atom is -0.475 e. The Morgan fingerprint density at radius 1 is 1.23 bits per heavy atom. The van der Waals surface area contributed by atoms with Crippen LogP contribution in [0.25, 0.3) is 11.0 Å². The Balaban J connectivity index is 0.000000592. The lowest BCUT2D eigenvalue weighted by Crippen LogP contribution is -2.37. The molecule has 3 amide bonds. The first kappa shape index (κ1) is 25.4. The lowest BCUT2D eigenvalue weighted by molar-refractivity contribution is -0.192. The average Bonchev–Trinajstić information content (AvgIpc) is 2.64. The first-order valence-electron chi connectivity index (χ1n) is 8.75. The Labute approximate surface area is 173 Å². The van der Waals surface area contributed by atoms with Crippen molar-refractivity contribution in [3.63, 3.8) is 0 Å². The number of nitrogens with one attached hydrogen (secondary N) is 2. The Morgan fingerprint density at radius 2 is 1.84 bits per heavy atom. The van der Waals surface area contributed by atoms with E-state index in [0.717, 1.165) is 10.9 Å². The van der Waals surface area contributed by atoms with Gasteiger partial charge in [0.05, 0.1) is 6.04 Å². The number of benzene rings is 1. The summed E-state index contributed by atoms with van der Waals surface area (Å²) in [5.74, 6) is -3.11. The van der Waals surface area contributed by atoms with E-state index in [4.69, 9.17) is 25.8 Å². The lowest BCUT2D eigenvalue weighted by Gasteiger charge is -2.12. The van der Waals surface area contributed by atoms with Crippen LogP contribution in [0.2, 0.25) is 0 Å². The Hall–Kier alpha value is -3.61. The highest BCUT2D eigenvalue weighted by molar-refractivity contribution is 5.96. The van der Waals surface area contributed by atoms with Gasteiger partial charge in [-0.25, -0.2) is 14.4 Å². The van der Waals surface area contributed by atoms with Crippen molar-refractivity contribution in [2.75, 3.05) is 11.9 Å². The highest BCUT2D eigenvalue weighted by Crippen LogP contribution is 2.21. The zero-order chi connectivity index (χ0) is 23.8. The molecule has 0 radical (unpaired) electrons. The maximum Gasteiger partial charge on any atom is 0.490 e. The van der Waals surface area contributed by atoms with Crippen LogP contribution in [0.15, 0.2) is 33.5 Å². The lowest BCUT2D eigenvalue weighted by atomic mass is 10.1. The first-order valence-corrected chi connectivity index (χ1v) is 8.75. The van der Waals surface area contributed by atoms with E-state index in [1.807, 2.05) is 6.92 Å². The van der Waals surface area contributed by atoms with Gasteiger partial charge in [0.15, 0.2) is 0 Å². The van der Waals surface area contributed by atoms with Crippen LogP contribution in [0.5, 0.6) is 0 Å². The standard InChI is InChI=1S/C16H20N4O4.C2HF3O2/c1-9-7-14(21)24-13-8-10(4-5-11(9)13)20-15(22)12(17)3-2-6-19-16(18)23;3-2(4,5)1(6)7/h4-5,7-8,12H,2-3,6,17H2,1H3,(H,20,22)(H3,18,19,23);(H,6,7)/t12-;/m0./s1. The van der Waals surface area contributed by atoms with Gasteiger partial charge in [0.2, 0.25) is 5.91 Å². The molecule has 170 valence electrons. The molecular weight excluding hydrogens is 425 g/mol. The molecule has 0 spiro atoms. The van der Waals surface area contributed by atoms with Gasteiger partial charge in [-0.3, -0.25) is 4.79 Å². The molecule has 31 heavy (non-hydrogen) atoms. The molecule has 7 N–H and O–H groups in total. The number of alkyl halides is 3. The molecule has 0 unspecified atom stereocenters. The highest BCUT2D eigenvalue weighted by Gasteiger charge is 2.38. The van der Waals surface area contributed by atoms with Crippen molar-refractivity contribution in [3.8, 4) is 0 Å². The molecule has 13 heteroatoms. The summed E-state index contributed by atoms with van der Waals surface area (Å²) in [5.41, 5.74) is 12.0. The van der Waals surface area contributed by atoms with Gasteiger partial charge in [0.25, 0.3) is 0 Å². The SMILES string of the molecule is Cc1cc(=O)oc2cc(NC(=O)[C@@H](N)CCCNC(N)=O)ccc12.O=C(O)C(F)(F)F. The van der Waals surface area contributed by atoms with Crippen LogP contribution in [0.4, 0.5) is 23.7 Å². The van der Waals surface area contributed by atoms with Gasteiger partial charge in [-0.15, -0.1) is 0 Å². The normalized spacial score (nSPS) is 11.8. The van der Waals surface area contributed by atoms with Crippen molar-refractivity contribution in [2.45, 2.75) is 32.0 Å². The van der Waals surface area contributed by atoms with Crippen LogP contribution in [0.3, 0.4) is 0 Å². The van der Waals surface area contributed by atoms with E-state index in [1.54, 1.807) is 18.2 Å². The molecule has 1 atom stereocenters. The van der Waals surface area contributed by atoms with Gasteiger partial charge < -0.3 is 31.6 Å². The number of hydrogen-bond acceptors (Lipinski definition) is 6. The van der Waals surface area contributed by atoms with Gasteiger partial charge >= 0.3 is 23.8 Å². The smallest absolute Gasteiger partial charge is 0.475 e. The summed E-state index contributed by atoms with van der Waals surface area (Å²) in [5, 5.41) is 13.0. The van der Waals surface area contributed by atoms with E-state index in [2.05, 4.69) is 10.6 Å². The van der Waals surface area contributed by atoms with Crippen molar-refractivity contribution in [1.29, 1.82) is 0 Å². The van der Waals surface area contributed by atoms with Crippen molar-refractivity contribution in [1.82, 2.24) is 5.32 Å². The number of nitrogens with two attached hydrogens (primary N) is 2. The third-order valence-corrected chi connectivity index (χ3v) is 3.79. The largest absolute Gasteiger partial charge is 0.490 e. The van der Waals surface area contributed by atoms with E-state index in [9.17, 15) is 27.6 Å². The molecular formula is C18H21F3N4O6. The molecule has 2 aromatic rings. The molecule has 1 aromatic carbocycles. The van der Waals surface area contributed by atoms with Crippen LogP contribution < -0.4 is 27.7 Å². The number of fused-ring (bicyclic) bond motifs is 1. The number of halogens is 3. The number of carboxylic acid groups (broad SMARTS) is 1. The van der Waals surface area contributed by atoms with E-state index < -0.39 is 29.8 Å². The fraction of sp³-hybridized carbons (Fsp3) is 0.333. The maximum absolute atomic E-state index is 12.1. The van der Waals surface area contributed by atoms with Crippen molar-refractivity contribution in [3.05, 3.63) is 40.2 Å². The number of primary amides is 1. The third-order valence-electron chi connectivity index (χ3n) is 3.79. The summed E-state index contributed by atoms with van der Waals surface area (Å²) in [7, 11) is 0. The molecule has 0 saturated carbocycles. The van der Waals surface area contributed by atoms with Gasteiger partial charge in [-0.05, 0) is 37.5 Å². The van der Waals surface area contributed by atoms with Gasteiger partial charge in [0, 0.05) is 29.8 Å². The molecule has 0 bridgehead atoms. The zero-order valence-corrected chi connectivity index (χ0v) is 16.3. The average molecular weight is 446 g/mol. The number of aliphatic carboxylic acids is 1. The molecule has 0 aliphatic carbocycles. The highest BCUT2D eigenvalue weighted by atomic mass is 19.4. The number of aryl methyl sites for hydroxylation is 1. The number of anilines is 1. The van der Waals surface area contributed by atoms with Crippen LogP contribution in [0, 0.1) is 6.92 Å².